The minimum absolute atomic E-state index is 0.115. The van der Waals surface area contributed by atoms with E-state index < -0.39 is 17.5 Å². The van der Waals surface area contributed by atoms with E-state index in [0.29, 0.717) is 22.3 Å². The van der Waals surface area contributed by atoms with Gasteiger partial charge in [-0.15, -0.1) is 0 Å². The lowest BCUT2D eigenvalue weighted by Gasteiger charge is -2.14. The van der Waals surface area contributed by atoms with Gasteiger partial charge in [0.2, 0.25) is 11.2 Å². The van der Waals surface area contributed by atoms with Gasteiger partial charge in [0.1, 0.15) is 11.3 Å². The number of ether oxygens (including phenoxy) is 2. The molecular weight excluding hydrogens is 348 g/mol. The first-order valence-electron chi connectivity index (χ1n) is 8.58. The average Bonchev–Trinajstić information content (AvgIpc) is 2.69. The number of fused-ring (bicyclic) bond motifs is 1. The van der Waals surface area contributed by atoms with Gasteiger partial charge in [-0.2, -0.15) is 0 Å². The number of benzene rings is 2. The second-order valence-corrected chi connectivity index (χ2v) is 6.10. The van der Waals surface area contributed by atoms with Gasteiger partial charge in [-0.25, -0.2) is 4.79 Å². The molecule has 2 aromatic carbocycles. The lowest BCUT2D eigenvalue weighted by molar-refractivity contribution is -0.144. The lowest BCUT2D eigenvalue weighted by Crippen LogP contribution is -2.26. The molecule has 0 aliphatic rings. The molecule has 1 aromatic heterocycles. The van der Waals surface area contributed by atoms with Crippen molar-refractivity contribution in [3.63, 3.8) is 0 Å². The number of hydrogen-bond acceptors (Lipinski definition) is 5. The highest BCUT2D eigenvalue weighted by Gasteiger charge is 2.22. The Morgan fingerprint density at radius 2 is 1.89 bits per heavy atom. The lowest BCUT2D eigenvalue weighted by atomic mass is 10.1. The van der Waals surface area contributed by atoms with Gasteiger partial charge < -0.3 is 19.0 Å². The fourth-order valence-electron chi connectivity index (χ4n) is 2.71. The summed E-state index contributed by atoms with van der Waals surface area (Å²) in [6.45, 7) is 3.35. The zero-order chi connectivity index (χ0) is 19.6. The first kappa shape index (κ1) is 18.5. The summed E-state index contributed by atoms with van der Waals surface area (Å²) in [7, 11) is 1.56. The van der Waals surface area contributed by atoms with E-state index in [0.717, 1.165) is 12.0 Å². The van der Waals surface area contributed by atoms with E-state index in [1.807, 2.05) is 13.0 Å². The van der Waals surface area contributed by atoms with Crippen LogP contribution in [-0.4, -0.2) is 24.3 Å². The van der Waals surface area contributed by atoms with Crippen molar-refractivity contribution in [2.45, 2.75) is 26.4 Å². The first-order chi connectivity index (χ1) is 12.9. The number of aryl methyl sites for hydroxylation is 1. The summed E-state index contributed by atoms with van der Waals surface area (Å²) >= 11 is 0. The van der Waals surface area contributed by atoms with Crippen LogP contribution in [0.25, 0.3) is 22.3 Å². The Hall–Kier alpha value is -3.28. The molecule has 3 rings (SSSR count). The maximum atomic E-state index is 13.1. The summed E-state index contributed by atoms with van der Waals surface area (Å²) < 4.78 is 16.6. The molecule has 0 saturated carbocycles. The fourth-order valence-corrected chi connectivity index (χ4v) is 2.71. The third-order valence-electron chi connectivity index (χ3n) is 4.32. The summed E-state index contributed by atoms with van der Waals surface area (Å²) in [6, 6.07) is 12.3. The number of aliphatic carboxylic acids is 1. The van der Waals surface area contributed by atoms with Crippen LogP contribution in [0.3, 0.4) is 0 Å². The number of carbonyl (C=O) groups is 1. The zero-order valence-corrected chi connectivity index (χ0v) is 15.3. The van der Waals surface area contributed by atoms with Crippen LogP contribution in [0, 0.1) is 0 Å². The van der Waals surface area contributed by atoms with Crippen LogP contribution in [0.15, 0.2) is 51.7 Å². The number of methoxy groups -OCH3 is 1. The van der Waals surface area contributed by atoms with Crippen LogP contribution in [0.4, 0.5) is 0 Å². The summed E-state index contributed by atoms with van der Waals surface area (Å²) in [6.07, 6.45) is -0.436. The molecule has 27 heavy (non-hydrogen) atoms. The van der Waals surface area contributed by atoms with Crippen molar-refractivity contribution in [2.24, 2.45) is 0 Å². The summed E-state index contributed by atoms with van der Waals surface area (Å²) in [4.78, 5) is 24.3. The van der Waals surface area contributed by atoms with Crippen LogP contribution < -0.4 is 14.9 Å². The van der Waals surface area contributed by atoms with E-state index in [4.69, 9.17) is 13.9 Å². The highest BCUT2D eigenvalue weighted by Crippen LogP contribution is 2.32. The fraction of sp³-hybridized carbons (Fsp3) is 0.238. The highest BCUT2D eigenvalue weighted by molar-refractivity contribution is 5.83. The van der Waals surface area contributed by atoms with Gasteiger partial charge in [0, 0.05) is 5.56 Å². The normalized spacial score (nSPS) is 12.0. The molecule has 6 nitrogen and oxygen atoms in total. The predicted octanol–water partition coefficient (Wildman–Crippen LogP) is 3.88. The smallest absolute Gasteiger partial charge is 0.344 e. The number of rotatable bonds is 6. The maximum absolute atomic E-state index is 13.1. The Labute approximate surface area is 156 Å². The Morgan fingerprint density at radius 3 is 2.48 bits per heavy atom. The molecule has 140 valence electrons. The quantitative estimate of drug-likeness (QED) is 0.710. The summed E-state index contributed by atoms with van der Waals surface area (Å²) in [5.74, 6) is -0.448. The maximum Gasteiger partial charge on any atom is 0.344 e. The van der Waals surface area contributed by atoms with Crippen LogP contribution in [0.1, 0.15) is 19.4 Å². The van der Waals surface area contributed by atoms with Crippen molar-refractivity contribution < 1.29 is 23.8 Å². The molecule has 6 heteroatoms. The van der Waals surface area contributed by atoms with Gasteiger partial charge in [0.15, 0.2) is 11.9 Å². The number of hydrogen-bond donors (Lipinski definition) is 1. The van der Waals surface area contributed by atoms with Gasteiger partial charge >= 0.3 is 5.97 Å². The third kappa shape index (κ3) is 3.65. The summed E-state index contributed by atoms with van der Waals surface area (Å²) in [5, 5.41) is 9.55. The van der Waals surface area contributed by atoms with Crippen LogP contribution in [0.5, 0.6) is 11.5 Å². The van der Waals surface area contributed by atoms with E-state index >= 15 is 0 Å². The molecule has 1 heterocycles. The molecule has 0 aliphatic heterocycles. The Bertz CT molecular complexity index is 1030. The van der Waals surface area contributed by atoms with Crippen molar-refractivity contribution in [1.82, 2.24) is 0 Å². The zero-order valence-electron chi connectivity index (χ0n) is 15.3. The molecule has 1 N–H and O–H groups in total. The van der Waals surface area contributed by atoms with E-state index in [-0.39, 0.29) is 11.5 Å². The van der Waals surface area contributed by atoms with Crippen LogP contribution in [0.2, 0.25) is 0 Å². The minimum Gasteiger partial charge on any atom is -0.497 e. The van der Waals surface area contributed by atoms with Crippen LogP contribution in [-0.2, 0) is 11.2 Å². The third-order valence-corrected chi connectivity index (χ3v) is 4.32. The second-order valence-electron chi connectivity index (χ2n) is 6.10. The number of carboxylic acids is 1. The Balaban J connectivity index is 2.25. The van der Waals surface area contributed by atoms with Crippen molar-refractivity contribution in [3.05, 3.63) is 58.3 Å². The standard InChI is InChI=1S/C21H20O6/c1-4-13-5-10-17-16(11-13)18(22)20(26-12(2)21(23)24)19(27-17)14-6-8-15(25-3)9-7-14/h5-12H,4H2,1-3H3,(H,23,24)/t12-/m0/s1. The van der Waals surface area contributed by atoms with E-state index in [9.17, 15) is 14.7 Å². The largest absolute Gasteiger partial charge is 0.497 e. The molecule has 0 unspecified atom stereocenters. The van der Waals surface area contributed by atoms with E-state index in [1.165, 1.54) is 6.92 Å². The van der Waals surface area contributed by atoms with Gasteiger partial charge in [0.05, 0.1) is 12.5 Å². The van der Waals surface area contributed by atoms with E-state index in [2.05, 4.69) is 0 Å². The van der Waals surface area contributed by atoms with Crippen molar-refractivity contribution in [1.29, 1.82) is 0 Å². The van der Waals surface area contributed by atoms with Crippen molar-refractivity contribution in [2.75, 3.05) is 7.11 Å². The molecule has 0 spiro atoms. The molecule has 0 radical (unpaired) electrons. The Morgan fingerprint density at radius 1 is 1.19 bits per heavy atom. The van der Waals surface area contributed by atoms with Crippen molar-refractivity contribution in [3.8, 4) is 22.8 Å². The monoisotopic (exact) mass is 368 g/mol. The molecular formula is C21H20O6. The van der Waals surface area contributed by atoms with Gasteiger partial charge in [-0.3, -0.25) is 4.79 Å². The van der Waals surface area contributed by atoms with Gasteiger partial charge in [-0.1, -0.05) is 13.0 Å². The molecule has 0 aliphatic carbocycles. The highest BCUT2D eigenvalue weighted by atomic mass is 16.5. The van der Waals surface area contributed by atoms with Gasteiger partial charge in [-0.05, 0) is 55.3 Å². The van der Waals surface area contributed by atoms with Crippen molar-refractivity contribution >= 4 is 16.9 Å². The average molecular weight is 368 g/mol. The molecule has 1 atom stereocenters. The topological polar surface area (TPSA) is 86.0 Å². The van der Waals surface area contributed by atoms with Gasteiger partial charge in [0.25, 0.3) is 0 Å². The molecule has 0 amide bonds. The molecule has 0 bridgehead atoms. The number of carboxylic acid groups (broad SMARTS) is 1. The second kappa shape index (κ2) is 7.53. The molecule has 0 saturated heterocycles. The minimum atomic E-state index is -1.20. The van der Waals surface area contributed by atoms with Crippen LogP contribution >= 0.6 is 0 Å². The SMILES string of the molecule is CCc1ccc2oc(-c3ccc(OC)cc3)c(O[C@@H](C)C(=O)O)c(=O)c2c1. The molecule has 0 fully saturated rings. The molecule has 3 aromatic rings. The Kier molecular flexibility index (Phi) is 5.16. The first-order valence-corrected chi connectivity index (χ1v) is 8.58. The summed E-state index contributed by atoms with van der Waals surface area (Å²) in [5.41, 5.74) is 1.58. The van der Waals surface area contributed by atoms with E-state index in [1.54, 1.807) is 43.5 Å². The predicted molar refractivity (Wildman–Crippen MR) is 102 cm³/mol.